The third-order valence-electron chi connectivity index (χ3n) is 3.87. The largest absolute Gasteiger partial charge is 0.451 e. The van der Waals surface area contributed by atoms with Crippen LogP contribution in [0.1, 0.15) is 29.7 Å². The van der Waals surface area contributed by atoms with Crippen molar-refractivity contribution in [3.05, 3.63) is 51.6 Å². The monoisotopic (exact) mass is 417 g/mol. The summed E-state index contributed by atoms with van der Waals surface area (Å²) in [6.07, 6.45) is 0.702. The van der Waals surface area contributed by atoms with Gasteiger partial charge in [0, 0.05) is 19.7 Å². The minimum atomic E-state index is -0.789. The third-order valence-corrected chi connectivity index (χ3v) is 4.73. The molecule has 0 spiro atoms. The van der Waals surface area contributed by atoms with E-state index in [9.17, 15) is 14.4 Å². The molecular weight excluding hydrogens is 398 g/mol. The van der Waals surface area contributed by atoms with Crippen molar-refractivity contribution in [3.63, 3.8) is 0 Å². The molecule has 0 bridgehead atoms. The Morgan fingerprint density at radius 2 is 2.10 bits per heavy atom. The van der Waals surface area contributed by atoms with Crippen LogP contribution in [0.5, 0.6) is 0 Å². The van der Waals surface area contributed by atoms with Gasteiger partial charge in [-0.15, -0.1) is 21.5 Å². The zero-order valence-corrected chi connectivity index (χ0v) is 16.7. The average molecular weight is 417 g/mol. The Labute approximate surface area is 169 Å². The highest BCUT2D eigenvalue weighted by Crippen LogP contribution is 2.23. The highest BCUT2D eigenvalue weighted by atomic mass is 32.1. The van der Waals surface area contributed by atoms with Crippen molar-refractivity contribution in [1.82, 2.24) is 24.9 Å². The normalized spacial score (nSPS) is 10.7. The SMILES string of the molecule is CCCN(Cc1nnc(-c2cccs2)o1)C(=O)COC(=O)c1ccc(=O)n(C)n1. The molecular formula is C18H19N5O5S. The summed E-state index contributed by atoms with van der Waals surface area (Å²) in [6, 6.07) is 6.20. The summed E-state index contributed by atoms with van der Waals surface area (Å²) in [5.74, 6) is -0.503. The van der Waals surface area contributed by atoms with E-state index in [-0.39, 0.29) is 17.8 Å². The lowest BCUT2D eigenvalue weighted by Gasteiger charge is -2.20. The number of aryl methyl sites for hydroxylation is 1. The molecule has 0 saturated heterocycles. The van der Waals surface area contributed by atoms with Crippen LogP contribution in [-0.4, -0.2) is 49.9 Å². The van der Waals surface area contributed by atoms with Crippen LogP contribution in [0.3, 0.4) is 0 Å². The molecule has 0 atom stereocenters. The van der Waals surface area contributed by atoms with E-state index in [1.54, 1.807) is 0 Å². The van der Waals surface area contributed by atoms with Crippen LogP contribution in [0.4, 0.5) is 0 Å². The summed E-state index contributed by atoms with van der Waals surface area (Å²) in [5.41, 5.74) is -0.410. The lowest BCUT2D eigenvalue weighted by Crippen LogP contribution is -2.35. The molecule has 11 heteroatoms. The first-order valence-electron chi connectivity index (χ1n) is 8.83. The van der Waals surface area contributed by atoms with Crippen LogP contribution >= 0.6 is 11.3 Å². The maximum Gasteiger partial charge on any atom is 0.359 e. The Kier molecular flexibility index (Phi) is 6.50. The van der Waals surface area contributed by atoms with Crippen LogP contribution in [0, 0.1) is 0 Å². The number of carbonyl (C=O) groups is 2. The number of rotatable bonds is 8. The lowest BCUT2D eigenvalue weighted by molar-refractivity contribution is -0.135. The summed E-state index contributed by atoms with van der Waals surface area (Å²) >= 11 is 1.47. The number of aromatic nitrogens is 4. The third kappa shape index (κ3) is 5.13. The highest BCUT2D eigenvalue weighted by molar-refractivity contribution is 7.13. The standard InChI is InChI=1S/C18H19N5O5S/c1-3-8-23(10-14-19-20-17(28-14)13-5-4-9-29-13)16(25)11-27-18(26)12-6-7-15(24)22(2)21-12/h4-7,9H,3,8,10-11H2,1-2H3. The molecule has 0 aliphatic rings. The van der Waals surface area contributed by atoms with E-state index in [1.165, 1.54) is 35.4 Å². The fourth-order valence-corrected chi connectivity index (χ4v) is 3.09. The number of hydrogen-bond donors (Lipinski definition) is 0. The Hall–Kier alpha value is -3.34. The summed E-state index contributed by atoms with van der Waals surface area (Å²) < 4.78 is 11.7. The molecule has 3 aromatic rings. The van der Waals surface area contributed by atoms with Crippen molar-refractivity contribution in [3.8, 4) is 10.8 Å². The Morgan fingerprint density at radius 3 is 2.79 bits per heavy atom. The Balaban J connectivity index is 1.61. The number of nitrogens with zero attached hydrogens (tertiary/aromatic N) is 5. The van der Waals surface area contributed by atoms with Crippen LogP contribution in [0.2, 0.25) is 0 Å². The smallest absolute Gasteiger partial charge is 0.359 e. The summed E-state index contributed by atoms with van der Waals surface area (Å²) in [7, 11) is 1.42. The minimum Gasteiger partial charge on any atom is -0.451 e. The zero-order valence-electron chi connectivity index (χ0n) is 15.9. The number of carbonyl (C=O) groups excluding carboxylic acids is 2. The van der Waals surface area contributed by atoms with Crippen molar-refractivity contribution in [1.29, 1.82) is 0 Å². The topological polar surface area (TPSA) is 120 Å². The van der Waals surface area contributed by atoms with Gasteiger partial charge in [-0.1, -0.05) is 13.0 Å². The van der Waals surface area contributed by atoms with E-state index in [0.717, 1.165) is 9.56 Å². The van der Waals surface area contributed by atoms with Crippen molar-refractivity contribution in [2.24, 2.45) is 7.05 Å². The summed E-state index contributed by atoms with van der Waals surface area (Å²) in [6.45, 7) is 2.01. The van der Waals surface area contributed by atoms with Gasteiger partial charge in [0.25, 0.3) is 17.4 Å². The second-order valence-electron chi connectivity index (χ2n) is 6.05. The molecule has 0 fully saturated rings. The first-order chi connectivity index (χ1) is 14.0. The van der Waals surface area contributed by atoms with E-state index in [0.29, 0.717) is 24.7 Å². The van der Waals surface area contributed by atoms with Gasteiger partial charge >= 0.3 is 5.97 Å². The van der Waals surface area contributed by atoms with E-state index in [4.69, 9.17) is 9.15 Å². The van der Waals surface area contributed by atoms with Crippen LogP contribution < -0.4 is 5.56 Å². The Bertz CT molecular complexity index is 1040. The molecule has 29 heavy (non-hydrogen) atoms. The van der Waals surface area contributed by atoms with Crippen LogP contribution in [0.15, 0.2) is 38.9 Å². The van der Waals surface area contributed by atoms with Gasteiger partial charge in [-0.05, 0) is 23.9 Å². The predicted molar refractivity (Wildman–Crippen MR) is 103 cm³/mol. The van der Waals surface area contributed by atoms with Gasteiger partial charge < -0.3 is 14.1 Å². The molecule has 0 aliphatic carbocycles. The fraction of sp³-hybridized carbons (Fsp3) is 0.333. The van der Waals surface area contributed by atoms with E-state index in [2.05, 4.69) is 15.3 Å². The van der Waals surface area contributed by atoms with Crippen molar-refractivity contribution >= 4 is 23.2 Å². The first kappa shape index (κ1) is 20.4. The van der Waals surface area contributed by atoms with E-state index >= 15 is 0 Å². The maximum atomic E-state index is 12.5. The molecule has 3 aromatic heterocycles. The van der Waals surface area contributed by atoms with Crippen LogP contribution in [0.25, 0.3) is 10.8 Å². The van der Waals surface area contributed by atoms with Crippen LogP contribution in [-0.2, 0) is 23.1 Å². The lowest BCUT2D eigenvalue weighted by atomic mass is 10.3. The highest BCUT2D eigenvalue weighted by Gasteiger charge is 2.20. The molecule has 10 nitrogen and oxygen atoms in total. The minimum absolute atomic E-state index is 0.0561. The van der Waals surface area contributed by atoms with Gasteiger partial charge in [-0.3, -0.25) is 9.59 Å². The average Bonchev–Trinajstić information content (AvgIpc) is 3.39. The van der Waals surface area contributed by atoms with E-state index in [1.807, 2.05) is 24.4 Å². The maximum absolute atomic E-state index is 12.5. The second kappa shape index (κ2) is 9.24. The zero-order chi connectivity index (χ0) is 20.8. The molecule has 3 rings (SSSR count). The molecule has 0 aliphatic heterocycles. The number of ether oxygens (including phenoxy) is 1. The molecule has 0 aromatic carbocycles. The molecule has 0 N–H and O–H groups in total. The summed E-state index contributed by atoms with van der Waals surface area (Å²) in [5, 5.41) is 13.7. The second-order valence-corrected chi connectivity index (χ2v) is 7.00. The Morgan fingerprint density at radius 1 is 1.28 bits per heavy atom. The predicted octanol–water partition coefficient (Wildman–Crippen LogP) is 1.49. The summed E-state index contributed by atoms with van der Waals surface area (Å²) in [4.78, 5) is 38.3. The van der Waals surface area contributed by atoms with Gasteiger partial charge in [0.15, 0.2) is 12.3 Å². The van der Waals surface area contributed by atoms with Gasteiger partial charge in [0.05, 0.1) is 11.4 Å². The van der Waals surface area contributed by atoms with Crippen molar-refractivity contribution in [2.75, 3.05) is 13.2 Å². The molecule has 0 radical (unpaired) electrons. The molecule has 1 amide bonds. The fourth-order valence-electron chi connectivity index (χ4n) is 2.45. The molecule has 0 unspecified atom stereocenters. The molecule has 0 saturated carbocycles. The van der Waals surface area contributed by atoms with Gasteiger partial charge in [-0.2, -0.15) is 5.10 Å². The number of thiophene rings is 1. The number of esters is 1. The van der Waals surface area contributed by atoms with Crippen molar-refractivity contribution in [2.45, 2.75) is 19.9 Å². The van der Waals surface area contributed by atoms with Crippen molar-refractivity contribution < 1.29 is 18.7 Å². The van der Waals surface area contributed by atoms with Gasteiger partial charge in [0.1, 0.15) is 0 Å². The van der Waals surface area contributed by atoms with Gasteiger partial charge in [-0.25, -0.2) is 9.48 Å². The number of amides is 1. The number of hydrogen-bond acceptors (Lipinski definition) is 9. The van der Waals surface area contributed by atoms with E-state index < -0.39 is 18.5 Å². The molecule has 152 valence electrons. The first-order valence-corrected chi connectivity index (χ1v) is 9.71. The molecule has 3 heterocycles. The van der Waals surface area contributed by atoms with Gasteiger partial charge in [0.2, 0.25) is 5.89 Å². The quantitative estimate of drug-likeness (QED) is 0.506.